The van der Waals surface area contributed by atoms with E-state index in [4.69, 9.17) is 4.74 Å². The summed E-state index contributed by atoms with van der Waals surface area (Å²) in [7, 11) is 0. The van der Waals surface area contributed by atoms with Gasteiger partial charge in [0.25, 0.3) is 11.2 Å². The fourth-order valence-corrected chi connectivity index (χ4v) is 2.17. The zero-order valence-electron chi connectivity index (χ0n) is 12.3. The fraction of sp³-hybridized carbons (Fsp3) is 0.125. The number of hydrogen-bond acceptors (Lipinski definition) is 5. The summed E-state index contributed by atoms with van der Waals surface area (Å²) in [5, 5.41) is 10.7. The van der Waals surface area contributed by atoms with Crippen LogP contribution in [0.4, 0.5) is 5.69 Å². The van der Waals surface area contributed by atoms with Crippen LogP contribution in [0.5, 0.6) is 5.75 Å². The molecule has 0 unspecified atom stereocenters. The van der Waals surface area contributed by atoms with E-state index in [1.807, 2.05) is 13.0 Å². The molecule has 23 heavy (non-hydrogen) atoms. The van der Waals surface area contributed by atoms with Crippen molar-refractivity contribution >= 4 is 11.3 Å². The van der Waals surface area contributed by atoms with Gasteiger partial charge in [-0.3, -0.25) is 19.3 Å². The van der Waals surface area contributed by atoms with E-state index in [0.29, 0.717) is 17.1 Å². The zero-order valence-corrected chi connectivity index (χ0v) is 12.3. The van der Waals surface area contributed by atoms with Crippen molar-refractivity contribution in [1.29, 1.82) is 0 Å². The second-order valence-corrected chi connectivity index (χ2v) is 5.06. The van der Waals surface area contributed by atoms with E-state index < -0.39 is 4.92 Å². The summed E-state index contributed by atoms with van der Waals surface area (Å²) in [5.74, 6) is 0.352. The number of aryl methyl sites for hydroxylation is 1. The first-order chi connectivity index (χ1) is 11.0. The Kier molecular flexibility index (Phi) is 3.76. The molecule has 2 heterocycles. The van der Waals surface area contributed by atoms with E-state index in [1.165, 1.54) is 22.6 Å². The predicted molar refractivity (Wildman–Crippen MR) is 83.6 cm³/mol. The second kappa shape index (κ2) is 5.88. The quantitative estimate of drug-likeness (QED) is 0.545. The van der Waals surface area contributed by atoms with Crippen molar-refractivity contribution in [2.24, 2.45) is 0 Å². The summed E-state index contributed by atoms with van der Waals surface area (Å²) in [6.45, 7) is 1.97. The van der Waals surface area contributed by atoms with Crippen LogP contribution in [-0.4, -0.2) is 14.3 Å². The second-order valence-electron chi connectivity index (χ2n) is 5.06. The molecule has 0 radical (unpaired) electrons. The average molecular weight is 311 g/mol. The molecule has 0 saturated carbocycles. The molecule has 2 aromatic heterocycles. The van der Waals surface area contributed by atoms with Crippen LogP contribution in [0.1, 0.15) is 11.3 Å². The van der Waals surface area contributed by atoms with Crippen LogP contribution in [0, 0.1) is 17.0 Å². The van der Waals surface area contributed by atoms with Gasteiger partial charge in [-0.05, 0) is 30.7 Å². The van der Waals surface area contributed by atoms with Gasteiger partial charge in [0.05, 0.1) is 16.7 Å². The van der Waals surface area contributed by atoms with Crippen LogP contribution >= 0.6 is 0 Å². The lowest BCUT2D eigenvalue weighted by atomic mass is 10.3. The smallest absolute Gasteiger partial charge is 0.273 e. The Balaban J connectivity index is 1.86. The number of benzene rings is 1. The Morgan fingerprint density at radius 2 is 2.09 bits per heavy atom. The Bertz CT molecular complexity index is 949. The molecule has 1 aromatic carbocycles. The van der Waals surface area contributed by atoms with Crippen molar-refractivity contribution in [3.63, 3.8) is 0 Å². The third-order valence-corrected chi connectivity index (χ3v) is 3.29. The van der Waals surface area contributed by atoms with Gasteiger partial charge in [0.15, 0.2) is 0 Å². The van der Waals surface area contributed by atoms with Gasteiger partial charge in [0.2, 0.25) is 0 Å². The van der Waals surface area contributed by atoms with E-state index in [0.717, 1.165) is 5.56 Å². The topological polar surface area (TPSA) is 86.7 Å². The number of ether oxygens (including phenoxy) is 1. The molecule has 0 N–H and O–H groups in total. The van der Waals surface area contributed by atoms with Gasteiger partial charge < -0.3 is 4.74 Å². The molecule has 0 spiro atoms. The van der Waals surface area contributed by atoms with Crippen molar-refractivity contribution < 1.29 is 9.66 Å². The number of nitrogens with zero attached hydrogens (tertiary/aromatic N) is 3. The molecule has 3 aromatic rings. The highest BCUT2D eigenvalue weighted by Gasteiger charge is 2.08. The van der Waals surface area contributed by atoms with Crippen LogP contribution < -0.4 is 10.3 Å². The van der Waals surface area contributed by atoms with Crippen LogP contribution in [-0.2, 0) is 6.61 Å². The molecule has 0 aliphatic carbocycles. The van der Waals surface area contributed by atoms with Gasteiger partial charge in [-0.2, -0.15) is 0 Å². The molecule has 0 amide bonds. The summed E-state index contributed by atoms with van der Waals surface area (Å²) in [5.41, 5.74) is 1.74. The minimum atomic E-state index is -0.490. The summed E-state index contributed by atoms with van der Waals surface area (Å²) in [6, 6.07) is 10.9. The minimum absolute atomic E-state index is 0.0512. The summed E-state index contributed by atoms with van der Waals surface area (Å²) < 4.78 is 6.95. The maximum atomic E-state index is 12.0. The maximum Gasteiger partial charge on any atom is 0.273 e. The molecular weight excluding hydrogens is 298 g/mol. The molecule has 116 valence electrons. The standard InChI is InChI=1S/C16H13N3O4/c1-11-5-6-18-15(7-11)17-12(8-16(18)20)10-23-14-4-2-3-13(9-14)19(21)22/h2-9H,10H2,1H3. The van der Waals surface area contributed by atoms with E-state index >= 15 is 0 Å². The molecular formula is C16H13N3O4. The van der Waals surface area contributed by atoms with Crippen LogP contribution in [0.3, 0.4) is 0 Å². The molecule has 7 heteroatoms. The lowest BCUT2D eigenvalue weighted by Crippen LogP contribution is -2.16. The Morgan fingerprint density at radius 3 is 2.87 bits per heavy atom. The molecule has 7 nitrogen and oxygen atoms in total. The highest BCUT2D eigenvalue weighted by atomic mass is 16.6. The molecule has 0 saturated heterocycles. The van der Waals surface area contributed by atoms with Crippen LogP contribution in [0.25, 0.3) is 5.65 Å². The average Bonchev–Trinajstić information content (AvgIpc) is 2.52. The van der Waals surface area contributed by atoms with Gasteiger partial charge in [-0.1, -0.05) is 6.07 Å². The van der Waals surface area contributed by atoms with Crippen molar-refractivity contribution in [2.45, 2.75) is 13.5 Å². The molecule has 0 fully saturated rings. The van der Waals surface area contributed by atoms with Crippen molar-refractivity contribution in [3.05, 3.63) is 80.4 Å². The van der Waals surface area contributed by atoms with Crippen LogP contribution in [0.2, 0.25) is 0 Å². The number of non-ortho nitro benzene ring substituents is 1. The van der Waals surface area contributed by atoms with Crippen LogP contribution in [0.15, 0.2) is 53.5 Å². The number of rotatable bonds is 4. The first kappa shape index (κ1) is 14.7. The van der Waals surface area contributed by atoms with Crippen molar-refractivity contribution in [2.75, 3.05) is 0 Å². The number of nitro benzene ring substituents is 1. The number of pyridine rings is 1. The number of hydrogen-bond donors (Lipinski definition) is 0. The first-order valence-electron chi connectivity index (χ1n) is 6.89. The molecule has 0 atom stereocenters. The van der Waals surface area contributed by atoms with Crippen molar-refractivity contribution in [3.8, 4) is 5.75 Å². The van der Waals surface area contributed by atoms with Crippen molar-refractivity contribution in [1.82, 2.24) is 9.38 Å². The minimum Gasteiger partial charge on any atom is -0.487 e. The van der Waals surface area contributed by atoms with E-state index in [-0.39, 0.29) is 17.9 Å². The Morgan fingerprint density at radius 1 is 1.26 bits per heavy atom. The Labute approximate surface area is 130 Å². The molecule has 0 bridgehead atoms. The maximum absolute atomic E-state index is 12.0. The highest BCUT2D eigenvalue weighted by Crippen LogP contribution is 2.19. The number of nitro groups is 1. The summed E-state index contributed by atoms with van der Waals surface area (Å²) in [6.07, 6.45) is 1.67. The third kappa shape index (κ3) is 3.18. The van der Waals surface area contributed by atoms with E-state index in [2.05, 4.69) is 4.98 Å². The summed E-state index contributed by atoms with van der Waals surface area (Å²) in [4.78, 5) is 26.7. The SMILES string of the molecule is Cc1ccn2c(=O)cc(COc3cccc([N+](=O)[O-])c3)nc2c1. The lowest BCUT2D eigenvalue weighted by molar-refractivity contribution is -0.384. The molecule has 3 rings (SSSR count). The third-order valence-electron chi connectivity index (χ3n) is 3.29. The molecule has 0 aliphatic heterocycles. The van der Waals surface area contributed by atoms with Gasteiger partial charge >= 0.3 is 0 Å². The summed E-state index contributed by atoms with van der Waals surface area (Å²) >= 11 is 0. The van der Waals surface area contributed by atoms with E-state index in [1.54, 1.807) is 24.4 Å². The van der Waals surface area contributed by atoms with Gasteiger partial charge in [-0.25, -0.2) is 4.98 Å². The van der Waals surface area contributed by atoms with Gasteiger partial charge in [0, 0.05) is 18.3 Å². The fourth-order valence-electron chi connectivity index (χ4n) is 2.17. The predicted octanol–water partition coefficient (Wildman–Crippen LogP) is 2.49. The largest absolute Gasteiger partial charge is 0.487 e. The van der Waals surface area contributed by atoms with Gasteiger partial charge in [-0.15, -0.1) is 0 Å². The molecule has 0 aliphatic rings. The van der Waals surface area contributed by atoms with E-state index in [9.17, 15) is 14.9 Å². The normalized spacial score (nSPS) is 10.7. The van der Waals surface area contributed by atoms with Gasteiger partial charge in [0.1, 0.15) is 18.0 Å². The number of aromatic nitrogens is 2. The zero-order chi connectivity index (χ0) is 16.4. The monoisotopic (exact) mass is 311 g/mol. The lowest BCUT2D eigenvalue weighted by Gasteiger charge is -2.07. The first-order valence-corrected chi connectivity index (χ1v) is 6.89. The highest BCUT2D eigenvalue weighted by molar-refractivity contribution is 5.41. The number of fused-ring (bicyclic) bond motifs is 1. The Hall–Kier alpha value is -3.22.